The number of halogens is 2. The summed E-state index contributed by atoms with van der Waals surface area (Å²) in [6, 6.07) is 4.85. The van der Waals surface area contributed by atoms with E-state index < -0.39 is 0 Å². The van der Waals surface area contributed by atoms with Gasteiger partial charge in [0.05, 0.1) is 4.34 Å². The molecule has 0 aromatic carbocycles. The first-order valence-electron chi connectivity index (χ1n) is 5.34. The SMILES string of the molecule is Clc1ccc(CN2CCCCC2CBr)s1. The van der Waals surface area contributed by atoms with Gasteiger partial charge in [0.15, 0.2) is 0 Å². The summed E-state index contributed by atoms with van der Waals surface area (Å²) in [7, 11) is 0. The lowest BCUT2D eigenvalue weighted by Crippen LogP contribution is -2.39. The Kier molecular flexibility index (Phi) is 4.50. The van der Waals surface area contributed by atoms with Gasteiger partial charge in [-0.25, -0.2) is 0 Å². The molecule has 84 valence electrons. The van der Waals surface area contributed by atoms with Crippen LogP contribution in [0.2, 0.25) is 4.34 Å². The molecule has 4 heteroatoms. The van der Waals surface area contributed by atoms with E-state index in [1.54, 1.807) is 11.3 Å². The molecule has 1 aromatic rings. The monoisotopic (exact) mass is 307 g/mol. The smallest absolute Gasteiger partial charge is 0.0931 e. The van der Waals surface area contributed by atoms with Crippen LogP contribution in [-0.2, 0) is 6.54 Å². The Labute approximate surface area is 109 Å². The van der Waals surface area contributed by atoms with Gasteiger partial charge in [-0.1, -0.05) is 34.0 Å². The van der Waals surface area contributed by atoms with Gasteiger partial charge in [-0.05, 0) is 31.5 Å². The lowest BCUT2D eigenvalue weighted by molar-refractivity contribution is 0.158. The van der Waals surface area contributed by atoms with Crippen LogP contribution in [0.3, 0.4) is 0 Å². The zero-order valence-electron chi connectivity index (χ0n) is 8.59. The Morgan fingerprint density at radius 1 is 1.47 bits per heavy atom. The number of rotatable bonds is 3. The second-order valence-corrected chi connectivity index (χ2v) is 6.43. The van der Waals surface area contributed by atoms with Crippen LogP contribution >= 0.6 is 38.9 Å². The number of nitrogens with zero attached hydrogens (tertiary/aromatic N) is 1. The molecule has 0 saturated carbocycles. The summed E-state index contributed by atoms with van der Waals surface area (Å²) in [6.07, 6.45) is 4.03. The van der Waals surface area contributed by atoms with Crippen molar-refractivity contribution in [2.75, 3.05) is 11.9 Å². The molecule has 0 N–H and O–H groups in total. The normalized spacial score (nSPS) is 23.2. The second-order valence-electron chi connectivity index (χ2n) is 3.98. The Morgan fingerprint density at radius 2 is 2.33 bits per heavy atom. The Balaban J connectivity index is 1.97. The molecule has 1 saturated heterocycles. The van der Waals surface area contributed by atoms with Crippen molar-refractivity contribution < 1.29 is 0 Å². The average molecular weight is 309 g/mol. The number of alkyl halides is 1. The summed E-state index contributed by atoms with van der Waals surface area (Å²) in [4.78, 5) is 3.95. The predicted octanol–water partition coefficient (Wildman–Crippen LogP) is 4.15. The number of likely N-dealkylation sites (tertiary alicyclic amines) is 1. The fourth-order valence-corrected chi connectivity index (χ4v) is 3.93. The van der Waals surface area contributed by atoms with Crippen molar-refractivity contribution in [3.05, 3.63) is 21.3 Å². The van der Waals surface area contributed by atoms with E-state index in [0.717, 1.165) is 16.2 Å². The second kappa shape index (κ2) is 5.67. The largest absolute Gasteiger partial charge is 0.294 e. The van der Waals surface area contributed by atoms with E-state index >= 15 is 0 Å². The first-order chi connectivity index (χ1) is 7.29. The van der Waals surface area contributed by atoms with E-state index in [9.17, 15) is 0 Å². The van der Waals surface area contributed by atoms with E-state index in [1.807, 2.05) is 6.07 Å². The molecule has 1 fully saturated rings. The minimum absolute atomic E-state index is 0.708. The van der Waals surface area contributed by atoms with Crippen molar-refractivity contribution in [2.45, 2.75) is 31.8 Å². The molecule has 1 aromatic heterocycles. The molecule has 2 rings (SSSR count). The van der Waals surface area contributed by atoms with Crippen LogP contribution in [0.4, 0.5) is 0 Å². The molecule has 15 heavy (non-hydrogen) atoms. The van der Waals surface area contributed by atoms with E-state index in [0.29, 0.717) is 6.04 Å². The molecule has 1 aliphatic rings. The molecule has 0 radical (unpaired) electrons. The van der Waals surface area contributed by atoms with E-state index in [-0.39, 0.29) is 0 Å². The van der Waals surface area contributed by atoms with Crippen molar-refractivity contribution in [1.29, 1.82) is 0 Å². The maximum atomic E-state index is 5.94. The molecular weight excluding hydrogens is 294 g/mol. The fourth-order valence-electron chi connectivity index (χ4n) is 2.08. The first kappa shape index (κ1) is 11.9. The summed E-state index contributed by atoms with van der Waals surface area (Å²) in [5.74, 6) is 0. The number of piperidine rings is 1. The van der Waals surface area contributed by atoms with Crippen LogP contribution in [0.1, 0.15) is 24.1 Å². The minimum Gasteiger partial charge on any atom is -0.294 e. The molecule has 0 spiro atoms. The highest BCUT2D eigenvalue weighted by molar-refractivity contribution is 9.09. The highest BCUT2D eigenvalue weighted by Gasteiger charge is 2.21. The van der Waals surface area contributed by atoms with E-state index in [2.05, 4.69) is 26.9 Å². The zero-order chi connectivity index (χ0) is 10.7. The number of hydrogen-bond acceptors (Lipinski definition) is 2. The molecule has 1 nitrogen and oxygen atoms in total. The lowest BCUT2D eigenvalue weighted by Gasteiger charge is -2.34. The van der Waals surface area contributed by atoms with Gasteiger partial charge in [0.25, 0.3) is 0 Å². The van der Waals surface area contributed by atoms with E-state index in [1.165, 1.54) is 30.7 Å². The third kappa shape index (κ3) is 3.19. The molecule has 0 aliphatic carbocycles. The highest BCUT2D eigenvalue weighted by atomic mass is 79.9. The molecular formula is C11H15BrClNS. The maximum absolute atomic E-state index is 5.94. The standard InChI is InChI=1S/C11H15BrClNS/c12-7-9-3-1-2-6-14(9)8-10-4-5-11(13)15-10/h4-5,9H,1-3,6-8H2. The Bertz CT molecular complexity index is 315. The summed E-state index contributed by atoms with van der Waals surface area (Å²) >= 11 is 11.2. The summed E-state index contributed by atoms with van der Waals surface area (Å²) in [5, 5.41) is 1.09. The van der Waals surface area contributed by atoms with Gasteiger partial charge >= 0.3 is 0 Å². The molecule has 0 bridgehead atoms. The molecule has 1 aliphatic heterocycles. The van der Waals surface area contributed by atoms with Gasteiger partial charge in [0.2, 0.25) is 0 Å². The average Bonchev–Trinajstić information content (AvgIpc) is 2.65. The van der Waals surface area contributed by atoms with Crippen LogP contribution in [0.25, 0.3) is 0 Å². The third-order valence-corrected chi connectivity index (χ3v) is 4.88. The first-order valence-corrected chi connectivity index (χ1v) is 7.65. The highest BCUT2D eigenvalue weighted by Crippen LogP contribution is 2.26. The van der Waals surface area contributed by atoms with Gasteiger partial charge < -0.3 is 0 Å². The van der Waals surface area contributed by atoms with Crippen molar-refractivity contribution in [3.8, 4) is 0 Å². The molecule has 1 atom stereocenters. The van der Waals surface area contributed by atoms with Gasteiger partial charge in [0, 0.05) is 22.8 Å². The summed E-state index contributed by atoms with van der Waals surface area (Å²) in [5.41, 5.74) is 0. The summed E-state index contributed by atoms with van der Waals surface area (Å²) < 4.78 is 0.900. The zero-order valence-corrected chi connectivity index (χ0v) is 11.7. The third-order valence-electron chi connectivity index (χ3n) is 2.91. The van der Waals surface area contributed by atoms with Crippen molar-refractivity contribution >= 4 is 38.9 Å². The molecule has 0 amide bonds. The number of thiophene rings is 1. The molecule has 1 unspecified atom stereocenters. The number of hydrogen-bond donors (Lipinski definition) is 0. The summed E-state index contributed by atoms with van der Waals surface area (Å²) in [6.45, 7) is 2.29. The van der Waals surface area contributed by atoms with E-state index in [4.69, 9.17) is 11.6 Å². The van der Waals surface area contributed by atoms with Crippen LogP contribution in [0, 0.1) is 0 Å². The van der Waals surface area contributed by atoms with Gasteiger partial charge in [-0.15, -0.1) is 11.3 Å². The Morgan fingerprint density at radius 3 is 3.00 bits per heavy atom. The van der Waals surface area contributed by atoms with Crippen LogP contribution in [-0.4, -0.2) is 22.8 Å². The quantitative estimate of drug-likeness (QED) is 0.758. The maximum Gasteiger partial charge on any atom is 0.0931 e. The van der Waals surface area contributed by atoms with Crippen LogP contribution < -0.4 is 0 Å². The van der Waals surface area contributed by atoms with Crippen molar-refractivity contribution in [3.63, 3.8) is 0 Å². The van der Waals surface area contributed by atoms with Gasteiger partial charge in [-0.3, -0.25) is 4.90 Å². The van der Waals surface area contributed by atoms with Crippen LogP contribution in [0.15, 0.2) is 12.1 Å². The fraction of sp³-hybridized carbons (Fsp3) is 0.636. The van der Waals surface area contributed by atoms with Gasteiger partial charge in [-0.2, -0.15) is 0 Å². The molecule has 2 heterocycles. The van der Waals surface area contributed by atoms with Crippen molar-refractivity contribution in [2.24, 2.45) is 0 Å². The van der Waals surface area contributed by atoms with Gasteiger partial charge in [0.1, 0.15) is 0 Å². The van der Waals surface area contributed by atoms with Crippen molar-refractivity contribution in [1.82, 2.24) is 4.90 Å². The van der Waals surface area contributed by atoms with Crippen LogP contribution in [0.5, 0.6) is 0 Å². The Hall–Kier alpha value is 0.430. The topological polar surface area (TPSA) is 3.24 Å². The minimum atomic E-state index is 0.708. The lowest BCUT2D eigenvalue weighted by atomic mass is 10.0. The predicted molar refractivity (Wildman–Crippen MR) is 71.2 cm³/mol.